The minimum absolute atomic E-state index is 0.207. The molecule has 0 saturated heterocycles. The van der Waals surface area contributed by atoms with Crippen LogP contribution in [0.2, 0.25) is 0 Å². The van der Waals surface area contributed by atoms with E-state index in [1.807, 2.05) is 66.7 Å². The van der Waals surface area contributed by atoms with E-state index in [1.165, 1.54) is 0 Å². The van der Waals surface area contributed by atoms with Crippen LogP contribution in [0.1, 0.15) is 5.56 Å². The van der Waals surface area contributed by atoms with Crippen molar-refractivity contribution in [2.45, 2.75) is 0 Å². The molecular weight excluding hydrogens is 350 g/mol. The van der Waals surface area contributed by atoms with E-state index < -0.39 is 0 Å². The molecule has 0 amide bonds. The summed E-state index contributed by atoms with van der Waals surface area (Å²) in [6, 6.07) is 22.7. The molecule has 2 aromatic heterocycles. The Morgan fingerprint density at radius 1 is 0.893 bits per heavy atom. The van der Waals surface area contributed by atoms with Crippen LogP contribution in [-0.4, -0.2) is 21.3 Å². The maximum Gasteiger partial charge on any atom is 0.228 e. The third-order valence-electron chi connectivity index (χ3n) is 4.57. The number of rotatable bonds is 3. The lowest BCUT2D eigenvalue weighted by molar-refractivity contribution is 0.475. The monoisotopic (exact) mass is 365 g/mol. The minimum atomic E-state index is 0.207. The number of phenols is 1. The SMILES string of the molecule is Oc1ccc2ccccc2c1C=Nc1ccc(-c2nc3ncccc3o2)cc1. The van der Waals surface area contributed by atoms with E-state index in [0.717, 1.165) is 22.0 Å². The fraction of sp³-hybridized carbons (Fsp3) is 0. The van der Waals surface area contributed by atoms with Crippen molar-refractivity contribution in [1.29, 1.82) is 0 Å². The highest BCUT2D eigenvalue weighted by Gasteiger charge is 2.08. The number of aromatic hydroxyl groups is 1. The van der Waals surface area contributed by atoms with Gasteiger partial charge in [0.15, 0.2) is 11.2 Å². The smallest absolute Gasteiger partial charge is 0.228 e. The Labute approximate surface area is 160 Å². The van der Waals surface area contributed by atoms with Gasteiger partial charge < -0.3 is 9.52 Å². The topological polar surface area (TPSA) is 71.5 Å². The number of hydrogen-bond acceptors (Lipinski definition) is 5. The predicted octanol–water partition coefficient (Wildman–Crippen LogP) is 5.50. The summed E-state index contributed by atoms with van der Waals surface area (Å²) in [5, 5.41) is 12.2. The number of benzene rings is 3. The zero-order valence-electron chi connectivity index (χ0n) is 14.8. The third-order valence-corrected chi connectivity index (χ3v) is 4.57. The molecule has 0 fully saturated rings. The van der Waals surface area contributed by atoms with Gasteiger partial charge in [0.1, 0.15) is 5.75 Å². The first-order valence-corrected chi connectivity index (χ1v) is 8.85. The Morgan fingerprint density at radius 3 is 2.61 bits per heavy atom. The molecule has 0 saturated carbocycles. The van der Waals surface area contributed by atoms with Gasteiger partial charge in [-0.05, 0) is 53.2 Å². The van der Waals surface area contributed by atoms with Crippen molar-refractivity contribution in [2.75, 3.05) is 0 Å². The van der Waals surface area contributed by atoms with Crippen molar-refractivity contribution in [3.63, 3.8) is 0 Å². The Kier molecular flexibility index (Phi) is 3.84. The lowest BCUT2D eigenvalue weighted by atomic mass is 10.0. The fourth-order valence-electron chi connectivity index (χ4n) is 3.14. The Bertz CT molecular complexity index is 1290. The van der Waals surface area contributed by atoms with Crippen LogP contribution < -0.4 is 0 Å². The maximum atomic E-state index is 10.2. The van der Waals surface area contributed by atoms with Gasteiger partial charge in [-0.1, -0.05) is 30.3 Å². The van der Waals surface area contributed by atoms with E-state index >= 15 is 0 Å². The van der Waals surface area contributed by atoms with Crippen molar-refractivity contribution in [2.24, 2.45) is 4.99 Å². The van der Waals surface area contributed by atoms with Crippen molar-refractivity contribution >= 4 is 33.9 Å². The minimum Gasteiger partial charge on any atom is -0.507 e. The van der Waals surface area contributed by atoms with Gasteiger partial charge in [0.05, 0.1) is 5.69 Å². The second-order valence-electron chi connectivity index (χ2n) is 6.37. The third kappa shape index (κ3) is 2.89. The van der Waals surface area contributed by atoms with Crippen molar-refractivity contribution in [1.82, 2.24) is 9.97 Å². The second kappa shape index (κ2) is 6.63. The molecule has 28 heavy (non-hydrogen) atoms. The Hall–Kier alpha value is -3.99. The summed E-state index contributed by atoms with van der Waals surface area (Å²) < 4.78 is 5.74. The maximum absolute atomic E-state index is 10.2. The first-order valence-electron chi connectivity index (χ1n) is 8.85. The number of nitrogens with zero attached hydrogens (tertiary/aromatic N) is 3. The number of aliphatic imine (C=N–C) groups is 1. The van der Waals surface area contributed by atoms with Crippen LogP contribution in [0.3, 0.4) is 0 Å². The molecule has 5 heteroatoms. The summed E-state index contributed by atoms with van der Waals surface area (Å²) in [4.78, 5) is 13.1. The second-order valence-corrected chi connectivity index (χ2v) is 6.37. The molecule has 5 rings (SSSR count). The molecule has 0 aliphatic carbocycles. The lowest BCUT2D eigenvalue weighted by Crippen LogP contribution is -1.85. The molecule has 5 aromatic rings. The summed E-state index contributed by atoms with van der Waals surface area (Å²) in [6.45, 7) is 0. The summed E-state index contributed by atoms with van der Waals surface area (Å²) in [7, 11) is 0. The van der Waals surface area contributed by atoms with Gasteiger partial charge >= 0.3 is 0 Å². The quantitative estimate of drug-likeness (QED) is 0.429. The van der Waals surface area contributed by atoms with Crippen molar-refractivity contribution < 1.29 is 9.52 Å². The molecule has 0 bridgehead atoms. The number of fused-ring (bicyclic) bond motifs is 2. The largest absolute Gasteiger partial charge is 0.507 e. The van der Waals surface area contributed by atoms with Crippen LogP contribution in [0.25, 0.3) is 33.5 Å². The zero-order chi connectivity index (χ0) is 18.9. The molecule has 0 spiro atoms. The number of pyridine rings is 1. The van der Waals surface area contributed by atoms with Crippen LogP contribution in [-0.2, 0) is 0 Å². The zero-order valence-corrected chi connectivity index (χ0v) is 14.8. The molecule has 2 heterocycles. The average Bonchev–Trinajstić information content (AvgIpc) is 3.18. The van der Waals surface area contributed by atoms with Crippen LogP contribution in [0.5, 0.6) is 5.75 Å². The van der Waals surface area contributed by atoms with E-state index in [1.54, 1.807) is 18.5 Å². The lowest BCUT2D eigenvalue weighted by Gasteiger charge is -2.04. The number of phenolic OH excluding ortho intramolecular Hbond substituents is 1. The first kappa shape index (κ1) is 16.2. The van der Waals surface area contributed by atoms with Gasteiger partial charge in [-0.15, -0.1) is 0 Å². The molecule has 0 aliphatic heterocycles. The molecule has 0 unspecified atom stereocenters. The summed E-state index contributed by atoms with van der Waals surface area (Å²) in [6.07, 6.45) is 3.38. The Balaban J connectivity index is 1.46. The predicted molar refractivity (Wildman–Crippen MR) is 110 cm³/mol. The summed E-state index contributed by atoms with van der Waals surface area (Å²) in [5.41, 5.74) is 3.57. The highest BCUT2D eigenvalue weighted by Crippen LogP contribution is 2.28. The number of oxazole rings is 1. The highest BCUT2D eigenvalue weighted by molar-refractivity contribution is 6.03. The molecule has 134 valence electrons. The standard InChI is InChI=1S/C23H15N3O2/c27-20-12-9-15-4-1-2-5-18(15)19(20)14-25-17-10-7-16(8-11-17)23-26-22-21(28-23)6-3-13-24-22/h1-14,27H. The summed E-state index contributed by atoms with van der Waals surface area (Å²) in [5.74, 6) is 0.731. The molecule has 0 aliphatic rings. The van der Waals surface area contributed by atoms with Crippen LogP contribution in [0.4, 0.5) is 5.69 Å². The molecular formula is C23H15N3O2. The van der Waals surface area contributed by atoms with E-state index in [9.17, 15) is 5.11 Å². The van der Waals surface area contributed by atoms with Crippen molar-refractivity contribution in [3.05, 3.63) is 84.6 Å². The summed E-state index contributed by atoms with van der Waals surface area (Å²) >= 11 is 0. The molecule has 5 nitrogen and oxygen atoms in total. The number of aromatic nitrogens is 2. The molecule has 0 radical (unpaired) electrons. The van der Waals surface area contributed by atoms with Gasteiger partial charge in [-0.2, -0.15) is 4.98 Å². The number of hydrogen-bond donors (Lipinski definition) is 1. The van der Waals surface area contributed by atoms with E-state index in [-0.39, 0.29) is 5.75 Å². The molecule has 1 N–H and O–H groups in total. The normalized spacial score (nSPS) is 11.6. The molecule has 0 atom stereocenters. The molecule has 3 aromatic carbocycles. The first-order chi connectivity index (χ1) is 13.8. The van der Waals surface area contributed by atoms with Crippen molar-refractivity contribution in [3.8, 4) is 17.2 Å². The van der Waals surface area contributed by atoms with Gasteiger partial charge in [0.2, 0.25) is 5.89 Å². The Morgan fingerprint density at radius 2 is 1.75 bits per heavy atom. The van der Waals surface area contributed by atoms with Crippen LogP contribution >= 0.6 is 0 Å². The average molecular weight is 365 g/mol. The highest BCUT2D eigenvalue weighted by atomic mass is 16.3. The van der Waals surface area contributed by atoms with Gasteiger partial charge in [0, 0.05) is 23.5 Å². The van der Waals surface area contributed by atoms with Gasteiger partial charge in [0.25, 0.3) is 0 Å². The van der Waals surface area contributed by atoms with E-state index in [0.29, 0.717) is 22.7 Å². The van der Waals surface area contributed by atoms with Crippen LogP contribution in [0, 0.1) is 0 Å². The fourth-order valence-corrected chi connectivity index (χ4v) is 3.14. The van der Waals surface area contributed by atoms with Gasteiger partial charge in [-0.25, -0.2) is 4.98 Å². The van der Waals surface area contributed by atoms with Gasteiger partial charge in [-0.3, -0.25) is 4.99 Å². The van der Waals surface area contributed by atoms with E-state index in [4.69, 9.17) is 4.42 Å². The van der Waals surface area contributed by atoms with E-state index in [2.05, 4.69) is 15.0 Å². The van der Waals surface area contributed by atoms with Crippen LogP contribution in [0.15, 0.2) is 88.4 Å².